The maximum Gasteiger partial charge on any atom is 0.223 e. The van der Waals surface area contributed by atoms with Crippen molar-refractivity contribution in [1.82, 2.24) is 5.32 Å². The quantitative estimate of drug-likeness (QED) is 0.818. The minimum atomic E-state index is 0. The Morgan fingerprint density at radius 2 is 1.65 bits per heavy atom. The topological polar surface area (TPSA) is 55.1 Å². The largest absolute Gasteiger partial charge is 0.353 e. The number of hydrogen-bond donors (Lipinski definition) is 2. The van der Waals surface area contributed by atoms with Crippen LogP contribution in [0.3, 0.4) is 0 Å². The van der Waals surface area contributed by atoms with Crippen molar-refractivity contribution in [2.45, 2.75) is 57.4 Å². The van der Waals surface area contributed by atoms with Crippen LogP contribution in [0.1, 0.15) is 51.4 Å². The van der Waals surface area contributed by atoms with Crippen molar-refractivity contribution in [3.8, 4) is 0 Å². The predicted molar refractivity (Wildman–Crippen MR) is 72.1 cm³/mol. The smallest absolute Gasteiger partial charge is 0.223 e. The van der Waals surface area contributed by atoms with E-state index in [1.165, 1.54) is 32.1 Å². The second-order valence-electron chi connectivity index (χ2n) is 5.38. The monoisotopic (exact) mass is 260 g/mol. The molecule has 0 aliphatic heterocycles. The summed E-state index contributed by atoms with van der Waals surface area (Å²) in [5.41, 5.74) is 5.77. The van der Waals surface area contributed by atoms with Crippen LogP contribution in [-0.4, -0.2) is 18.5 Å². The second kappa shape index (κ2) is 7.22. The van der Waals surface area contributed by atoms with Gasteiger partial charge in [-0.3, -0.25) is 4.79 Å². The number of hydrogen-bond acceptors (Lipinski definition) is 2. The first-order chi connectivity index (χ1) is 7.81. The molecule has 1 amide bonds. The van der Waals surface area contributed by atoms with Crippen molar-refractivity contribution in [2.24, 2.45) is 17.6 Å². The molecule has 0 aromatic heterocycles. The minimum Gasteiger partial charge on any atom is -0.353 e. The van der Waals surface area contributed by atoms with Crippen LogP contribution in [0.2, 0.25) is 0 Å². The van der Waals surface area contributed by atoms with E-state index < -0.39 is 0 Å². The lowest BCUT2D eigenvalue weighted by atomic mass is 9.84. The third-order valence-corrected chi connectivity index (χ3v) is 4.27. The van der Waals surface area contributed by atoms with Crippen LogP contribution in [-0.2, 0) is 4.79 Å². The van der Waals surface area contributed by atoms with Gasteiger partial charge in [0, 0.05) is 12.0 Å². The molecule has 2 aliphatic rings. The van der Waals surface area contributed by atoms with Crippen molar-refractivity contribution < 1.29 is 4.79 Å². The molecule has 0 aromatic rings. The van der Waals surface area contributed by atoms with E-state index >= 15 is 0 Å². The van der Waals surface area contributed by atoms with Gasteiger partial charge in [-0.25, -0.2) is 0 Å². The zero-order valence-electron chi connectivity index (χ0n) is 10.5. The van der Waals surface area contributed by atoms with Crippen molar-refractivity contribution >= 4 is 18.3 Å². The summed E-state index contributed by atoms with van der Waals surface area (Å²) in [6, 6.07) is 0.354. The van der Waals surface area contributed by atoms with E-state index in [0.717, 1.165) is 25.8 Å². The van der Waals surface area contributed by atoms with Gasteiger partial charge < -0.3 is 11.1 Å². The lowest BCUT2D eigenvalue weighted by molar-refractivity contribution is -0.126. The van der Waals surface area contributed by atoms with Gasteiger partial charge in [-0.15, -0.1) is 12.4 Å². The molecule has 0 aromatic carbocycles. The highest BCUT2D eigenvalue weighted by atomic mass is 35.5. The van der Waals surface area contributed by atoms with Crippen LogP contribution >= 0.6 is 12.4 Å². The van der Waals surface area contributed by atoms with Gasteiger partial charge in [0.15, 0.2) is 0 Å². The van der Waals surface area contributed by atoms with E-state index in [4.69, 9.17) is 5.73 Å². The Morgan fingerprint density at radius 3 is 2.29 bits per heavy atom. The van der Waals surface area contributed by atoms with E-state index in [1.807, 2.05) is 0 Å². The molecule has 2 aliphatic carbocycles. The molecule has 4 heteroatoms. The standard InChI is InChI=1S/C13H24N2O.ClH/c14-9-11-7-3-4-8-12(11)15-13(16)10-5-1-2-6-10;/h10-12H,1-9,14H2,(H,15,16);1H. The average molecular weight is 261 g/mol. The molecule has 3 nitrogen and oxygen atoms in total. The molecule has 2 atom stereocenters. The maximum absolute atomic E-state index is 12.0. The molecule has 2 rings (SSSR count). The highest BCUT2D eigenvalue weighted by molar-refractivity contribution is 5.85. The van der Waals surface area contributed by atoms with Crippen molar-refractivity contribution in [1.29, 1.82) is 0 Å². The Hall–Kier alpha value is -0.280. The third-order valence-electron chi connectivity index (χ3n) is 4.27. The highest BCUT2D eigenvalue weighted by Gasteiger charge is 2.29. The van der Waals surface area contributed by atoms with Crippen LogP contribution in [0.15, 0.2) is 0 Å². The van der Waals surface area contributed by atoms with Gasteiger partial charge in [-0.1, -0.05) is 25.7 Å². The Balaban J connectivity index is 0.00000144. The fraction of sp³-hybridized carbons (Fsp3) is 0.923. The average Bonchev–Trinajstić information content (AvgIpc) is 2.83. The van der Waals surface area contributed by atoms with Gasteiger partial charge in [0.25, 0.3) is 0 Å². The fourth-order valence-electron chi connectivity index (χ4n) is 3.17. The molecule has 0 bridgehead atoms. The van der Waals surface area contributed by atoms with E-state index in [1.54, 1.807) is 0 Å². The Morgan fingerprint density at radius 1 is 1.06 bits per heavy atom. The summed E-state index contributed by atoms with van der Waals surface area (Å²) in [6.07, 6.45) is 9.46. The fourth-order valence-corrected chi connectivity index (χ4v) is 3.17. The first-order valence-electron chi connectivity index (χ1n) is 6.81. The number of carbonyl (C=O) groups is 1. The summed E-state index contributed by atoms with van der Waals surface area (Å²) >= 11 is 0. The molecule has 0 heterocycles. The maximum atomic E-state index is 12.0. The number of nitrogens with one attached hydrogen (secondary N) is 1. The van der Waals surface area contributed by atoms with Gasteiger partial charge in [-0.2, -0.15) is 0 Å². The van der Waals surface area contributed by atoms with Gasteiger partial charge in [0.1, 0.15) is 0 Å². The molecule has 2 fully saturated rings. The van der Waals surface area contributed by atoms with Crippen LogP contribution in [0.5, 0.6) is 0 Å². The summed E-state index contributed by atoms with van der Waals surface area (Å²) in [5.74, 6) is 1.10. The Labute approximate surface area is 110 Å². The van der Waals surface area contributed by atoms with Gasteiger partial charge in [0.2, 0.25) is 5.91 Å². The molecule has 0 spiro atoms. The SMILES string of the molecule is Cl.NCC1CCCCC1NC(=O)C1CCCC1. The molecule has 17 heavy (non-hydrogen) atoms. The van der Waals surface area contributed by atoms with Crippen molar-refractivity contribution in [3.63, 3.8) is 0 Å². The summed E-state index contributed by atoms with van der Waals surface area (Å²) in [5, 5.41) is 3.24. The molecular weight excluding hydrogens is 236 g/mol. The summed E-state index contributed by atoms with van der Waals surface area (Å²) < 4.78 is 0. The zero-order chi connectivity index (χ0) is 11.4. The van der Waals surface area contributed by atoms with Crippen LogP contribution in [0, 0.1) is 11.8 Å². The molecule has 100 valence electrons. The Bertz CT molecular complexity index is 242. The predicted octanol–water partition coefficient (Wildman–Crippen LogP) is 2.23. The minimum absolute atomic E-state index is 0. The van der Waals surface area contributed by atoms with E-state index in [0.29, 0.717) is 23.8 Å². The third kappa shape index (κ3) is 3.85. The van der Waals surface area contributed by atoms with Crippen LogP contribution in [0.4, 0.5) is 0 Å². The van der Waals surface area contributed by atoms with Crippen molar-refractivity contribution in [2.75, 3.05) is 6.54 Å². The number of rotatable bonds is 3. The molecule has 0 radical (unpaired) electrons. The molecule has 2 saturated carbocycles. The van der Waals surface area contributed by atoms with Crippen LogP contribution in [0.25, 0.3) is 0 Å². The normalized spacial score (nSPS) is 29.7. The summed E-state index contributed by atoms with van der Waals surface area (Å²) in [4.78, 5) is 12.0. The highest BCUT2D eigenvalue weighted by Crippen LogP contribution is 2.27. The summed E-state index contributed by atoms with van der Waals surface area (Å²) in [6.45, 7) is 0.718. The molecule has 0 saturated heterocycles. The van der Waals surface area contributed by atoms with Gasteiger partial charge in [-0.05, 0) is 38.1 Å². The van der Waals surface area contributed by atoms with E-state index in [-0.39, 0.29) is 12.4 Å². The lowest BCUT2D eigenvalue weighted by Crippen LogP contribution is -2.46. The number of amides is 1. The molecular formula is C13H25ClN2O. The van der Waals surface area contributed by atoms with Gasteiger partial charge in [0.05, 0.1) is 0 Å². The van der Waals surface area contributed by atoms with Crippen molar-refractivity contribution in [3.05, 3.63) is 0 Å². The van der Waals surface area contributed by atoms with Crippen LogP contribution < -0.4 is 11.1 Å². The van der Waals surface area contributed by atoms with E-state index in [9.17, 15) is 4.79 Å². The second-order valence-corrected chi connectivity index (χ2v) is 5.38. The number of carbonyl (C=O) groups excluding carboxylic acids is 1. The first kappa shape index (κ1) is 14.8. The van der Waals surface area contributed by atoms with E-state index in [2.05, 4.69) is 5.32 Å². The zero-order valence-corrected chi connectivity index (χ0v) is 11.3. The number of halogens is 1. The van der Waals surface area contributed by atoms with Gasteiger partial charge >= 0.3 is 0 Å². The molecule has 3 N–H and O–H groups in total. The Kier molecular flexibility index (Phi) is 6.28. The summed E-state index contributed by atoms with van der Waals surface area (Å²) in [7, 11) is 0. The first-order valence-corrected chi connectivity index (χ1v) is 6.81. The number of nitrogens with two attached hydrogens (primary N) is 1. The lowest BCUT2D eigenvalue weighted by Gasteiger charge is -2.32. The molecule has 2 unspecified atom stereocenters.